The molecule has 53 heavy (non-hydrogen) atoms. The highest BCUT2D eigenvalue weighted by Crippen LogP contribution is 2.41. The Morgan fingerprint density at radius 1 is 0.811 bits per heavy atom. The van der Waals surface area contributed by atoms with Gasteiger partial charge in [0, 0.05) is 32.9 Å². The van der Waals surface area contributed by atoms with Crippen LogP contribution in [0.2, 0.25) is 0 Å². The Morgan fingerprint density at radius 2 is 1.23 bits per heavy atom. The quantitative estimate of drug-likeness (QED) is 0.0623. The molecule has 9 N–H and O–H groups in total. The fraction of sp³-hybridized carbons (Fsp3) is 0.407. The number of hydrogen-bond donors (Lipinski definition) is 7. The van der Waals surface area contributed by atoms with Gasteiger partial charge >= 0.3 is 11.9 Å². The molecule has 6 heterocycles. The number of aliphatic carboxylic acids is 2. The van der Waals surface area contributed by atoms with Gasteiger partial charge in [-0.1, -0.05) is 10.3 Å². The number of amides is 4. The predicted molar refractivity (Wildman–Crippen MR) is 190 cm³/mol. The van der Waals surface area contributed by atoms with Crippen LogP contribution in [0.15, 0.2) is 31.5 Å². The van der Waals surface area contributed by atoms with Gasteiger partial charge in [0.25, 0.3) is 23.6 Å². The summed E-state index contributed by atoms with van der Waals surface area (Å²) in [6, 6.07) is -2.66. The molecule has 0 aliphatic carbocycles. The van der Waals surface area contributed by atoms with E-state index >= 15 is 0 Å². The molecule has 2 unspecified atom stereocenters. The van der Waals surface area contributed by atoms with E-state index in [1.165, 1.54) is 40.4 Å². The van der Waals surface area contributed by atoms with Crippen LogP contribution in [0.5, 0.6) is 0 Å². The minimum atomic E-state index is -1.18. The van der Waals surface area contributed by atoms with Gasteiger partial charge in [-0.2, -0.15) is 18.7 Å². The summed E-state index contributed by atoms with van der Waals surface area (Å²) in [6.07, 6.45) is 5.59. The first-order valence-electron chi connectivity index (χ1n) is 15.1. The standard InChI is InChI=1S/C14H16N6O5S2.C13H14N6O5S2/c1-25-18-8(10-17-14(15)27-19-10)11(21)16-7-5-3-4-6(26-2)9(13(23)24)20(5)12(7)22;1-25-5-3-2-4-6(11(21)19(4)8(5)12(22)23)15-10(20)7(17-24)9-16-13(14)26-18-9/h5,7H,3-4H2,1-2H3,(H,16,21)(H,23,24)(H2,15,17,19);4,6,24H,2-3H2,1H3,(H,15,20)(H,22,23)(H2,14,16,18)/b18-8-;17-7-/t5?,7-;4?,6-/m00/s1. The summed E-state index contributed by atoms with van der Waals surface area (Å²) >= 11 is 4.31. The fourth-order valence-corrected chi connectivity index (χ4v) is 8.27. The number of nitrogens with one attached hydrogen (secondary N) is 2. The lowest BCUT2D eigenvalue weighted by Gasteiger charge is -2.49. The number of carboxylic acids is 2. The molecule has 4 amide bonds. The molecule has 2 aromatic rings. The number of fused-ring (bicyclic) bond motifs is 2. The van der Waals surface area contributed by atoms with Crippen molar-refractivity contribution in [2.45, 2.75) is 49.9 Å². The highest BCUT2D eigenvalue weighted by molar-refractivity contribution is 8.02. The Hall–Kier alpha value is -5.34. The number of rotatable bonds is 11. The Labute approximate surface area is 315 Å². The van der Waals surface area contributed by atoms with Crippen LogP contribution in [0.4, 0.5) is 10.3 Å². The Kier molecular flexibility index (Phi) is 11.8. The molecule has 0 saturated carbocycles. The molecule has 2 fully saturated rings. The Balaban J connectivity index is 0.000000204. The maximum Gasteiger partial charge on any atom is 0.353 e. The van der Waals surface area contributed by atoms with Gasteiger partial charge in [-0.3, -0.25) is 29.0 Å². The summed E-state index contributed by atoms with van der Waals surface area (Å²) in [5, 5.41) is 39.7. The van der Waals surface area contributed by atoms with Gasteiger partial charge in [0.2, 0.25) is 23.1 Å². The van der Waals surface area contributed by atoms with Crippen molar-refractivity contribution < 1.29 is 49.0 Å². The zero-order chi connectivity index (χ0) is 38.7. The van der Waals surface area contributed by atoms with Crippen LogP contribution in [0.25, 0.3) is 0 Å². The number of allylic oxidation sites excluding steroid dienone is 2. The smallest absolute Gasteiger partial charge is 0.353 e. The molecule has 6 rings (SSSR count). The van der Waals surface area contributed by atoms with Crippen LogP contribution < -0.4 is 22.1 Å². The number of oxime groups is 2. The number of thioether (sulfide) groups is 2. The molecular weight excluding hydrogens is 781 g/mol. The second kappa shape index (κ2) is 16.1. The van der Waals surface area contributed by atoms with Crippen molar-refractivity contribution in [1.29, 1.82) is 0 Å². The number of carbonyl (C=O) groups excluding carboxylic acids is 4. The van der Waals surface area contributed by atoms with Crippen molar-refractivity contribution in [3.8, 4) is 0 Å². The van der Waals surface area contributed by atoms with E-state index in [1.54, 1.807) is 12.5 Å². The van der Waals surface area contributed by atoms with E-state index in [-0.39, 0.29) is 39.0 Å². The van der Waals surface area contributed by atoms with Crippen molar-refractivity contribution in [3.05, 3.63) is 32.9 Å². The molecule has 0 aromatic carbocycles. The number of hydrogen-bond acceptors (Lipinski definition) is 20. The minimum Gasteiger partial charge on any atom is -0.477 e. The van der Waals surface area contributed by atoms with E-state index in [2.05, 4.69) is 44.5 Å². The van der Waals surface area contributed by atoms with Crippen LogP contribution in [0, 0.1) is 0 Å². The maximum absolute atomic E-state index is 12.6. The lowest BCUT2D eigenvalue weighted by Crippen LogP contribution is -2.72. The van der Waals surface area contributed by atoms with Gasteiger partial charge in [0.05, 0.1) is 12.1 Å². The first-order chi connectivity index (χ1) is 25.3. The third-order valence-corrected chi connectivity index (χ3v) is 11.1. The van der Waals surface area contributed by atoms with E-state index in [0.717, 1.165) is 23.1 Å². The number of carboxylic acid groups (broad SMARTS) is 2. The number of nitrogen functional groups attached to an aromatic ring is 2. The normalized spacial score (nSPS) is 22.5. The number of β-lactam (4-membered cyclic amide) rings is 2. The summed E-state index contributed by atoms with van der Waals surface area (Å²) in [6.45, 7) is 0. The highest BCUT2D eigenvalue weighted by Gasteiger charge is 2.55. The molecule has 0 bridgehead atoms. The first kappa shape index (κ1) is 38.9. The topological polar surface area (TPSA) is 331 Å². The zero-order valence-corrected chi connectivity index (χ0v) is 31.0. The van der Waals surface area contributed by atoms with E-state index in [4.69, 9.17) is 16.7 Å². The van der Waals surface area contributed by atoms with Crippen LogP contribution in [-0.4, -0.2) is 135 Å². The third-order valence-electron chi connectivity index (χ3n) is 8.28. The maximum atomic E-state index is 12.6. The van der Waals surface area contributed by atoms with Gasteiger partial charge in [-0.15, -0.1) is 23.5 Å². The van der Waals surface area contributed by atoms with Gasteiger partial charge in [-0.05, 0) is 38.2 Å². The summed E-state index contributed by atoms with van der Waals surface area (Å²) in [5.41, 5.74) is 10.2. The predicted octanol–water partition coefficient (Wildman–Crippen LogP) is -0.933. The van der Waals surface area contributed by atoms with Crippen LogP contribution in [0.1, 0.15) is 37.3 Å². The average Bonchev–Trinajstić information content (AvgIpc) is 3.77. The molecule has 22 nitrogen and oxygen atoms in total. The molecular formula is C27H30N12O10S4. The van der Waals surface area contributed by atoms with E-state index < -0.39 is 65.4 Å². The van der Waals surface area contributed by atoms with Gasteiger partial charge in [-0.25, -0.2) is 9.59 Å². The molecule has 2 aromatic heterocycles. The molecule has 282 valence electrons. The lowest BCUT2D eigenvalue weighted by atomic mass is 9.86. The summed E-state index contributed by atoms with van der Waals surface area (Å²) in [5.74, 6) is -5.09. The number of carbonyl (C=O) groups is 6. The van der Waals surface area contributed by atoms with Crippen molar-refractivity contribution >= 4 is 104 Å². The Bertz CT molecular complexity index is 1990. The molecule has 2 saturated heterocycles. The van der Waals surface area contributed by atoms with E-state index in [9.17, 15) is 39.0 Å². The third kappa shape index (κ3) is 7.46. The van der Waals surface area contributed by atoms with Gasteiger partial charge in [0.15, 0.2) is 10.3 Å². The van der Waals surface area contributed by atoms with E-state index in [0.29, 0.717) is 35.5 Å². The fourth-order valence-electron chi connectivity index (χ4n) is 6.00. The SMILES string of the molecule is CO/N=C(\C(=O)N[C@@H]1C(=O)N2C(C(=O)O)=C(SC)CCC12)c1nsc(N)n1.CSC1=C(C(=O)O)N2C(=O)[C@@H](NC(=O)/C(=N\O)c3nsc(N)n3)C2CC1. The van der Waals surface area contributed by atoms with Crippen LogP contribution in [0.3, 0.4) is 0 Å². The average molecular weight is 811 g/mol. The summed E-state index contributed by atoms with van der Waals surface area (Å²) < 4.78 is 7.70. The Morgan fingerprint density at radius 3 is 1.57 bits per heavy atom. The van der Waals surface area contributed by atoms with Crippen molar-refractivity contribution in [2.75, 3.05) is 31.1 Å². The van der Waals surface area contributed by atoms with Crippen molar-refractivity contribution in [2.24, 2.45) is 10.3 Å². The van der Waals surface area contributed by atoms with E-state index in [1.807, 2.05) is 0 Å². The molecule has 26 heteroatoms. The largest absolute Gasteiger partial charge is 0.477 e. The lowest BCUT2D eigenvalue weighted by molar-refractivity contribution is -0.155. The monoisotopic (exact) mass is 810 g/mol. The zero-order valence-electron chi connectivity index (χ0n) is 27.7. The second-order valence-electron chi connectivity index (χ2n) is 11.1. The molecule has 0 spiro atoms. The van der Waals surface area contributed by atoms with Crippen LogP contribution in [-0.2, 0) is 33.6 Å². The molecule has 0 radical (unpaired) electrons. The van der Waals surface area contributed by atoms with Crippen LogP contribution >= 0.6 is 46.6 Å². The van der Waals surface area contributed by atoms with Gasteiger partial charge < -0.3 is 42.4 Å². The van der Waals surface area contributed by atoms with Gasteiger partial charge in [0.1, 0.15) is 30.6 Å². The first-order valence-corrected chi connectivity index (χ1v) is 19.1. The summed E-state index contributed by atoms with van der Waals surface area (Å²) in [7, 11) is 1.26. The number of aromatic nitrogens is 4. The highest BCUT2D eigenvalue weighted by atomic mass is 32.2. The molecule has 4 atom stereocenters. The second-order valence-corrected chi connectivity index (χ2v) is 14.4. The summed E-state index contributed by atoms with van der Waals surface area (Å²) in [4.78, 5) is 88.8. The molecule has 4 aliphatic heterocycles. The van der Waals surface area contributed by atoms with Crippen molar-refractivity contribution in [3.63, 3.8) is 0 Å². The molecule has 4 aliphatic rings. The number of nitrogens with two attached hydrogens (primary N) is 2. The number of nitrogens with zero attached hydrogens (tertiary/aromatic N) is 8. The number of anilines is 2. The van der Waals surface area contributed by atoms with Crippen molar-refractivity contribution in [1.82, 2.24) is 39.1 Å². The minimum absolute atomic E-state index is 0.0140.